The number of carbonyl (C=O) groups is 1. The fourth-order valence-electron chi connectivity index (χ4n) is 2.36. The minimum absolute atomic E-state index is 0.297. The Morgan fingerprint density at radius 1 is 1.38 bits per heavy atom. The molecule has 1 aromatic heterocycles. The summed E-state index contributed by atoms with van der Waals surface area (Å²) in [4.78, 5) is 20.0. The summed E-state index contributed by atoms with van der Waals surface area (Å²) in [5.74, 6) is -0.514. The molecule has 2 aromatic rings. The van der Waals surface area contributed by atoms with Gasteiger partial charge in [-0.2, -0.15) is 13.2 Å². The number of benzene rings is 1. The SMILES string of the molecule is C=C(C)c1cc(N)c(C=NCC[S+]=O)cc1NC(=O)c1cccc(C(F)(F)F)n1. The van der Waals surface area contributed by atoms with Crippen molar-refractivity contribution in [2.45, 2.75) is 13.1 Å². The maximum Gasteiger partial charge on any atom is 0.460 e. The standard InChI is InChI=1S/C19H17F3N4O2S/c1-11(2)13-9-14(23)12(10-24-6-7-29-28)8-16(13)26-18(27)15-4-3-5-17(25-15)19(20,21)22/h3-5,8-10H,1,6-7H2,2H3,(H2-,23,24,25,26,27)/p+1. The number of nitrogens with two attached hydrogens (primary N) is 1. The fourth-order valence-corrected chi connectivity index (χ4v) is 2.54. The summed E-state index contributed by atoms with van der Waals surface area (Å²) in [7, 11) is 0. The maximum atomic E-state index is 12.8. The Hall–Kier alpha value is -3.14. The molecule has 0 atom stereocenters. The predicted octanol–water partition coefficient (Wildman–Crippen LogP) is 3.82. The number of hydrogen-bond donors (Lipinski definition) is 2. The lowest BCUT2D eigenvalue weighted by Crippen LogP contribution is -2.18. The van der Waals surface area contributed by atoms with Gasteiger partial charge >= 0.3 is 17.8 Å². The molecule has 0 fully saturated rings. The van der Waals surface area contributed by atoms with Gasteiger partial charge in [-0.1, -0.05) is 12.6 Å². The Balaban J connectivity index is 2.37. The number of carbonyl (C=O) groups excluding carboxylic acids is 1. The lowest BCUT2D eigenvalue weighted by molar-refractivity contribution is -0.141. The van der Waals surface area contributed by atoms with E-state index in [0.717, 1.165) is 12.1 Å². The van der Waals surface area contributed by atoms with Crippen LogP contribution in [0.15, 0.2) is 41.9 Å². The number of nitrogen functional groups attached to an aromatic ring is 1. The van der Waals surface area contributed by atoms with Crippen molar-refractivity contribution in [1.82, 2.24) is 4.98 Å². The van der Waals surface area contributed by atoms with Crippen molar-refractivity contribution in [3.05, 3.63) is 59.4 Å². The third-order valence-corrected chi connectivity index (χ3v) is 4.09. The van der Waals surface area contributed by atoms with E-state index >= 15 is 0 Å². The molecule has 0 aliphatic carbocycles. The summed E-state index contributed by atoms with van der Waals surface area (Å²) in [6.45, 7) is 5.83. The first-order valence-electron chi connectivity index (χ1n) is 8.33. The van der Waals surface area contributed by atoms with Gasteiger partial charge in [0.15, 0.2) is 0 Å². The Bertz CT molecular complexity index is 974. The van der Waals surface area contributed by atoms with Gasteiger partial charge in [0, 0.05) is 32.9 Å². The van der Waals surface area contributed by atoms with Crippen molar-refractivity contribution in [3.63, 3.8) is 0 Å². The summed E-state index contributed by atoms with van der Waals surface area (Å²) < 4.78 is 48.9. The molecule has 29 heavy (non-hydrogen) atoms. The summed E-state index contributed by atoms with van der Waals surface area (Å²) in [5.41, 5.74) is 6.73. The number of anilines is 2. The number of alkyl halides is 3. The predicted molar refractivity (Wildman–Crippen MR) is 108 cm³/mol. The van der Waals surface area contributed by atoms with Crippen LogP contribution in [0.5, 0.6) is 0 Å². The highest BCUT2D eigenvalue weighted by Crippen LogP contribution is 2.29. The molecule has 6 nitrogen and oxygen atoms in total. The van der Waals surface area contributed by atoms with Gasteiger partial charge < -0.3 is 11.1 Å². The van der Waals surface area contributed by atoms with Crippen molar-refractivity contribution in [1.29, 1.82) is 0 Å². The van der Waals surface area contributed by atoms with Crippen molar-refractivity contribution in [3.8, 4) is 0 Å². The summed E-state index contributed by atoms with van der Waals surface area (Å²) in [5, 5.41) is 2.56. The number of pyridine rings is 1. The topological polar surface area (TPSA) is 97.4 Å². The molecule has 1 heterocycles. The van der Waals surface area contributed by atoms with Crippen LogP contribution in [0.1, 0.15) is 34.2 Å². The number of halogens is 3. The molecule has 152 valence electrons. The van der Waals surface area contributed by atoms with Crippen molar-refractivity contribution < 1.29 is 22.2 Å². The van der Waals surface area contributed by atoms with Crippen LogP contribution in [0.25, 0.3) is 5.57 Å². The van der Waals surface area contributed by atoms with Gasteiger partial charge in [0.05, 0.1) is 6.54 Å². The van der Waals surface area contributed by atoms with Gasteiger partial charge in [0.1, 0.15) is 11.4 Å². The van der Waals surface area contributed by atoms with Crippen LogP contribution in [0.3, 0.4) is 0 Å². The quantitative estimate of drug-likeness (QED) is 0.306. The Morgan fingerprint density at radius 2 is 2.10 bits per heavy atom. The number of amides is 1. The first-order valence-corrected chi connectivity index (χ1v) is 9.24. The van der Waals surface area contributed by atoms with E-state index < -0.39 is 17.8 Å². The van der Waals surface area contributed by atoms with Crippen LogP contribution < -0.4 is 11.1 Å². The first kappa shape index (κ1) is 22.2. The average molecular weight is 423 g/mol. The number of hydrogen-bond acceptors (Lipinski definition) is 5. The fraction of sp³-hybridized carbons (Fsp3) is 0.211. The molecule has 0 saturated heterocycles. The highest BCUT2D eigenvalue weighted by molar-refractivity contribution is 7.65. The minimum Gasteiger partial charge on any atom is -0.398 e. The summed E-state index contributed by atoms with van der Waals surface area (Å²) >= 11 is 0.409. The van der Waals surface area contributed by atoms with E-state index in [1.165, 1.54) is 12.3 Å². The Kier molecular flexibility index (Phi) is 7.16. The van der Waals surface area contributed by atoms with E-state index in [2.05, 4.69) is 21.9 Å². The summed E-state index contributed by atoms with van der Waals surface area (Å²) in [6, 6.07) is 6.21. The molecule has 0 aliphatic heterocycles. The Labute approximate surface area is 169 Å². The molecule has 0 bridgehead atoms. The molecular formula is C19H18F3N4O2S+. The van der Waals surface area contributed by atoms with Gasteiger partial charge in [-0.05, 0) is 36.8 Å². The molecule has 1 aromatic carbocycles. The second kappa shape index (κ2) is 9.37. The zero-order valence-electron chi connectivity index (χ0n) is 15.4. The number of allylic oxidation sites excluding steroid dienone is 1. The largest absolute Gasteiger partial charge is 0.460 e. The van der Waals surface area contributed by atoms with Crippen molar-refractivity contribution >= 4 is 40.7 Å². The van der Waals surface area contributed by atoms with Gasteiger partial charge in [-0.25, -0.2) is 4.98 Å². The molecule has 10 heteroatoms. The molecule has 0 saturated carbocycles. The average Bonchev–Trinajstić information content (AvgIpc) is 2.66. The maximum absolute atomic E-state index is 12.8. The van der Waals surface area contributed by atoms with Crippen molar-refractivity contribution in [2.24, 2.45) is 4.99 Å². The van der Waals surface area contributed by atoms with Crippen LogP contribution in [-0.2, 0) is 22.1 Å². The normalized spacial score (nSPS) is 11.4. The molecular weight excluding hydrogens is 405 g/mol. The summed E-state index contributed by atoms with van der Waals surface area (Å²) in [6.07, 6.45) is -3.20. The van der Waals surface area contributed by atoms with E-state index in [4.69, 9.17) is 5.73 Å². The second-order valence-electron chi connectivity index (χ2n) is 6.02. The van der Waals surface area contributed by atoms with Crippen LogP contribution in [0.4, 0.5) is 24.5 Å². The minimum atomic E-state index is -4.66. The van der Waals surface area contributed by atoms with Crippen LogP contribution >= 0.6 is 0 Å². The highest BCUT2D eigenvalue weighted by atomic mass is 32.1. The molecule has 0 unspecified atom stereocenters. The molecule has 0 aliphatic rings. The van der Waals surface area contributed by atoms with E-state index in [0.29, 0.717) is 52.0 Å². The zero-order valence-corrected chi connectivity index (χ0v) is 16.2. The monoisotopic (exact) mass is 423 g/mol. The van der Waals surface area contributed by atoms with Crippen molar-refractivity contribution in [2.75, 3.05) is 23.3 Å². The van der Waals surface area contributed by atoms with Crippen LogP contribution in [-0.4, -0.2) is 29.4 Å². The lowest BCUT2D eigenvalue weighted by atomic mass is 10.0. The van der Waals surface area contributed by atoms with Crippen LogP contribution in [0.2, 0.25) is 0 Å². The lowest BCUT2D eigenvalue weighted by Gasteiger charge is -2.14. The number of aliphatic imine (C=N–C) groups is 1. The molecule has 2 rings (SSSR count). The van der Waals surface area contributed by atoms with Gasteiger partial charge in [-0.15, -0.1) is 0 Å². The Morgan fingerprint density at radius 3 is 2.72 bits per heavy atom. The smallest absolute Gasteiger partial charge is 0.398 e. The first-order chi connectivity index (χ1) is 13.6. The van der Waals surface area contributed by atoms with E-state index in [1.807, 2.05) is 0 Å². The molecule has 0 spiro atoms. The number of nitrogens with zero attached hydrogens (tertiary/aromatic N) is 2. The van der Waals surface area contributed by atoms with Gasteiger partial charge in [0.25, 0.3) is 5.91 Å². The number of nitrogens with one attached hydrogen (secondary N) is 1. The molecule has 1 amide bonds. The molecule has 0 radical (unpaired) electrons. The second-order valence-corrected chi connectivity index (χ2v) is 6.67. The van der Waals surface area contributed by atoms with Gasteiger partial charge in [0.2, 0.25) is 5.75 Å². The van der Waals surface area contributed by atoms with E-state index in [9.17, 15) is 22.2 Å². The van der Waals surface area contributed by atoms with Gasteiger partial charge in [-0.3, -0.25) is 9.79 Å². The van der Waals surface area contributed by atoms with E-state index in [1.54, 1.807) is 19.1 Å². The zero-order chi connectivity index (χ0) is 21.6. The number of aromatic nitrogens is 1. The van der Waals surface area contributed by atoms with Crippen LogP contribution in [0, 0.1) is 0 Å². The highest BCUT2D eigenvalue weighted by Gasteiger charge is 2.33. The molecule has 3 N–H and O–H groups in total. The van der Waals surface area contributed by atoms with E-state index in [-0.39, 0.29) is 5.69 Å². The third-order valence-electron chi connectivity index (χ3n) is 3.74. The number of rotatable bonds is 7. The third kappa shape index (κ3) is 5.92.